The van der Waals surface area contributed by atoms with Crippen molar-refractivity contribution in [1.29, 1.82) is 0 Å². The molecule has 1 aliphatic heterocycles. The van der Waals surface area contributed by atoms with E-state index in [0.717, 1.165) is 29.7 Å². The Morgan fingerprint density at radius 2 is 2.26 bits per heavy atom. The van der Waals surface area contributed by atoms with Crippen molar-refractivity contribution in [3.05, 3.63) is 30.1 Å². The molecule has 1 unspecified atom stereocenters. The van der Waals surface area contributed by atoms with Gasteiger partial charge in [0.2, 0.25) is 0 Å². The molecule has 0 aliphatic carbocycles. The van der Waals surface area contributed by atoms with E-state index >= 15 is 0 Å². The van der Waals surface area contributed by atoms with Crippen LogP contribution in [-0.4, -0.2) is 27.5 Å². The van der Waals surface area contributed by atoms with Crippen molar-refractivity contribution in [3.8, 4) is 0 Å². The minimum absolute atomic E-state index is 0.128. The van der Waals surface area contributed by atoms with Gasteiger partial charge >= 0.3 is 0 Å². The summed E-state index contributed by atoms with van der Waals surface area (Å²) in [4.78, 5) is 16.9. The first-order chi connectivity index (χ1) is 9.10. The highest BCUT2D eigenvalue weighted by Gasteiger charge is 2.37. The molecule has 100 valence electrons. The quantitative estimate of drug-likeness (QED) is 0.848. The SMILES string of the molecule is Cn1c(CC(=O)C2(C)CCCO2)nc2ccccc21. The highest BCUT2D eigenvalue weighted by Crippen LogP contribution is 2.27. The van der Waals surface area contributed by atoms with Crippen molar-refractivity contribution in [2.24, 2.45) is 7.05 Å². The van der Waals surface area contributed by atoms with E-state index in [4.69, 9.17) is 4.74 Å². The first-order valence-corrected chi connectivity index (χ1v) is 6.68. The van der Waals surface area contributed by atoms with Crippen LogP contribution in [0.25, 0.3) is 11.0 Å². The number of rotatable bonds is 3. The number of hydrogen-bond acceptors (Lipinski definition) is 3. The van der Waals surface area contributed by atoms with Crippen molar-refractivity contribution in [2.45, 2.75) is 31.8 Å². The van der Waals surface area contributed by atoms with Crippen LogP contribution in [0.3, 0.4) is 0 Å². The minimum Gasteiger partial charge on any atom is -0.367 e. The summed E-state index contributed by atoms with van der Waals surface area (Å²) < 4.78 is 7.59. The molecule has 3 rings (SSSR count). The summed E-state index contributed by atoms with van der Waals surface area (Å²) in [5.41, 5.74) is 1.38. The summed E-state index contributed by atoms with van der Waals surface area (Å²) in [5, 5.41) is 0. The zero-order chi connectivity index (χ0) is 13.5. The third-order valence-electron chi connectivity index (χ3n) is 4.01. The average Bonchev–Trinajstić information content (AvgIpc) is 2.97. The van der Waals surface area contributed by atoms with Gasteiger partial charge in [0.1, 0.15) is 11.4 Å². The molecule has 0 amide bonds. The van der Waals surface area contributed by atoms with Gasteiger partial charge in [-0.1, -0.05) is 12.1 Å². The third-order valence-corrected chi connectivity index (χ3v) is 4.01. The van der Waals surface area contributed by atoms with Crippen LogP contribution in [0.2, 0.25) is 0 Å². The van der Waals surface area contributed by atoms with E-state index in [-0.39, 0.29) is 5.78 Å². The molecule has 0 N–H and O–H groups in total. The lowest BCUT2D eigenvalue weighted by molar-refractivity contribution is -0.136. The Bertz CT molecular complexity index is 624. The molecule has 1 fully saturated rings. The Morgan fingerprint density at radius 1 is 1.47 bits per heavy atom. The number of imidazole rings is 1. The summed E-state index contributed by atoms with van der Waals surface area (Å²) in [6.07, 6.45) is 2.11. The lowest BCUT2D eigenvalue weighted by Crippen LogP contribution is -2.36. The average molecular weight is 258 g/mol. The molecule has 1 atom stereocenters. The number of carbonyl (C=O) groups excluding carboxylic acids is 1. The molecule has 19 heavy (non-hydrogen) atoms. The van der Waals surface area contributed by atoms with E-state index in [1.54, 1.807) is 0 Å². The van der Waals surface area contributed by atoms with Crippen LogP contribution in [-0.2, 0) is 23.0 Å². The molecule has 1 saturated heterocycles. The molecular formula is C15H18N2O2. The van der Waals surface area contributed by atoms with Crippen molar-refractivity contribution < 1.29 is 9.53 Å². The standard InChI is InChI=1S/C15H18N2O2/c1-15(8-5-9-19-15)13(18)10-14-16-11-6-3-4-7-12(11)17(14)2/h3-4,6-7H,5,8-10H2,1-2H3. The van der Waals surface area contributed by atoms with E-state index in [1.165, 1.54) is 0 Å². The number of ketones is 1. The van der Waals surface area contributed by atoms with Crippen LogP contribution in [0.15, 0.2) is 24.3 Å². The zero-order valence-electron chi connectivity index (χ0n) is 11.3. The zero-order valence-corrected chi connectivity index (χ0v) is 11.3. The molecule has 1 aromatic carbocycles. The lowest BCUT2D eigenvalue weighted by atomic mass is 9.95. The van der Waals surface area contributed by atoms with Crippen molar-refractivity contribution in [3.63, 3.8) is 0 Å². The number of ether oxygens (including phenoxy) is 1. The highest BCUT2D eigenvalue weighted by molar-refractivity contribution is 5.89. The smallest absolute Gasteiger partial charge is 0.171 e. The maximum absolute atomic E-state index is 12.4. The topological polar surface area (TPSA) is 44.1 Å². The van der Waals surface area contributed by atoms with Gasteiger partial charge in [0.15, 0.2) is 5.78 Å². The van der Waals surface area contributed by atoms with E-state index in [2.05, 4.69) is 4.98 Å². The summed E-state index contributed by atoms with van der Waals surface area (Å²) in [6.45, 7) is 2.58. The maximum atomic E-state index is 12.4. The maximum Gasteiger partial charge on any atom is 0.171 e. The second kappa shape index (κ2) is 4.46. The fourth-order valence-electron chi connectivity index (χ4n) is 2.68. The molecule has 1 aromatic heterocycles. The number of aryl methyl sites for hydroxylation is 1. The Kier molecular flexibility index (Phi) is 2.90. The number of fused-ring (bicyclic) bond motifs is 1. The first kappa shape index (κ1) is 12.4. The summed E-state index contributed by atoms with van der Waals surface area (Å²) in [5.74, 6) is 0.936. The van der Waals surface area contributed by atoms with E-state index in [1.807, 2.05) is 42.8 Å². The predicted molar refractivity (Wildman–Crippen MR) is 73.0 cm³/mol. The van der Waals surface area contributed by atoms with Crippen LogP contribution >= 0.6 is 0 Å². The summed E-state index contributed by atoms with van der Waals surface area (Å²) in [7, 11) is 1.95. The molecule has 0 spiro atoms. The molecule has 0 saturated carbocycles. The molecule has 0 radical (unpaired) electrons. The van der Waals surface area contributed by atoms with E-state index < -0.39 is 5.60 Å². The molecule has 4 nitrogen and oxygen atoms in total. The molecular weight excluding hydrogens is 240 g/mol. The van der Waals surface area contributed by atoms with Gasteiger partial charge in [-0.05, 0) is 31.9 Å². The highest BCUT2D eigenvalue weighted by atomic mass is 16.5. The van der Waals surface area contributed by atoms with E-state index in [0.29, 0.717) is 13.0 Å². The third kappa shape index (κ3) is 2.06. The van der Waals surface area contributed by atoms with Gasteiger partial charge in [0, 0.05) is 13.7 Å². The molecule has 4 heteroatoms. The fraction of sp³-hybridized carbons (Fsp3) is 0.467. The normalized spacial score (nSPS) is 23.1. The van der Waals surface area contributed by atoms with Gasteiger partial charge in [-0.25, -0.2) is 4.98 Å². The largest absolute Gasteiger partial charge is 0.367 e. The summed E-state index contributed by atoms with van der Waals surface area (Å²) in [6, 6.07) is 7.93. The second-order valence-electron chi connectivity index (χ2n) is 5.36. The van der Waals surface area contributed by atoms with Gasteiger partial charge in [-0.3, -0.25) is 4.79 Å². The number of hydrogen-bond donors (Lipinski definition) is 0. The molecule has 2 aromatic rings. The van der Waals surface area contributed by atoms with Crippen LogP contribution < -0.4 is 0 Å². The summed E-state index contributed by atoms with van der Waals surface area (Å²) >= 11 is 0. The van der Waals surface area contributed by atoms with Crippen molar-refractivity contribution in [1.82, 2.24) is 9.55 Å². The van der Waals surface area contributed by atoms with Crippen LogP contribution in [0.4, 0.5) is 0 Å². The second-order valence-corrected chi connectivity index (χ2v) is 5.36. The van der Waals surface area contributed by atoms with Crippen LogP contribution in [0.1, 0.15) is 25.6 Å². The fourth-order valence-corrected chi connectivity index (χ4v) is 2.68. The molecule has 0 bridgehead atoms. The number of benzene rings is 1. The van der Waals surface area contributed by atoms with Crippen LogP contribution in [0.5, 0.6) is 0 Å². The number of carbonyl (C=O) groups is 1. The van der Waals surface area contributed by atoms with Crippen molar-refractivity contribution in [2.75, 3.05) is 6.61 Å². The Morgan fingerprint density at radius 3 is 2.95 bits per heavy atom. The minimum atomic E-state index is -0.613. The Balaban J connectivity index is 1.89. The van der Waals surface area contributed by atoms with Crippen LogP contribution in [0, 0.1) is 0 Å². The number of nitrogens with zero attached hydrogens (tertiary/aromatic N) is 2. The van der Waals surface area contributed by atoms with E-state index in [9.17, 15) is 4.79 Å². The van der Waals surface area contributed by atoms with Crippen molar-refractivity contribution >= 4 is 16.8 Å². The number of para-hydroxylation sites is 2. The Labute approximate surface area is 112 Å². The van der Waals surface area contributed by atoms with Gasteiger partial charge in [0.25, 0.3) is 0 Å². The number of aromatic nitrogens is 2. The Hall–Kier alpha value is -1.68. The van der Waals surface area contributed by atoms with Gasteiger partial charge in [-0.15, -0.1) is 0 Å². The lowest BCUT2D eigenvalue weighted by Gasteiger charge is -2.21. The first-order valence-electron chi connectivity index (χ1n) is 6.68. The predicted octanol–water partition coefficient (Wildman–Crippen LogP) is 2.25. The van der Waals surface area contributed by atoms with Gasteiger partial charge < -0.3 is 9.30 Å². The van der Waals surface area contributed by atoms with Gasteiger partial charge in [0.05, 0.1) is 17.5 Å². The monoisotopic (exact) mass is 258 g/mol. The number of Topliss-reactive ketones (excluding diaryl/α,β-unsaturated/α-hetero) is 1. The molecule has 1 aliphatic rings. The molecule has 2 heterocycles. The van der Waals surface area contributed by atoms with Gasteiger partial charge in [-0.2, -0.15) is 0 Å².